The summed E-state index contributed by atoms with van der Waals surface area (Å²) in [6, 6.07) is 0.855. The third-order valence-corrected chi connectivity index (χ3v) is 5.89. The van der Waals surface area contributed by atoms with E-state index in [1.54, 1.807) is 0 Å². The second kappa shape index (κ2) is 7.08. The van der Waals surface area contributed by atoms with Crippen LogP contribution in [0.2, 0.25) is 0 Å². The maximum absolute atomic E-state index is 3.66. The fraction of sp³-hybridized carbons (Fsp3) is 1.00. The minimum absolute atomic E-state index is 0.453. The van der Waals surface area contributed by atoms with Crippen LogP contribution in [0.1, 0.15) is 71.1 Å². The van der Waals surface area contributed by atoms with Gasteiger partial charge in [-0.25, -0.2) is 0 Å². The fourth-order valence-corrected chi connectivity index (χ4v) is 4.11. The fourth-order valence-electron chi connectivity index (χ4n) is 4.11. The van der Waals surface area contributed by atoms with E-state index in [0.29, 0.717) is 5.54 Å². The Balaban J connectivity index is 1.77. The predicted molar refractivity (Wildman–Crippen MR) is 83.5 cm³/mol. The summed E-state index contributed by atoms with van der Waals surface area (Å²) in [5.41, 5.74) is 0.453. The number of rotatable bonds is 5. The van der Waals surface area contributed by atoms with Crippen molar-refractivity contribution in [3.8, 4) is 0 Å². The first kappa shape index (κ1) is 15.3. The summed E-state index contributed by atoms with van der Waals surface area (Å²) >= 11 is 0. The first-order chi connectivity index (χ1) is 9.15. The molecule has 0 saturated heterocycles. The van der Waals surface area contributed by atoms with Crippen molar-refractivity contribution in [2.24, 2.45) is 5.92 Å². The SMILES string of the molecule is CNC1(CCN(C)C2CCC(C)CC2)CCCCC1. The summed E-state index contributed by atoms with van der Waals surface area (Å²) in [4.78, 5) is 2.65. The summed E-state index contributed by atoms with van der Waals surface area (Å²) in [7, 11) is 4.53. The van der Waals surface area contributed by atoms with E-state index < -0.39 is 0 Å². The Morgan fingerprint density at radius 2 is 1.68 bits per heavy atom. The van der Waals surface area contributed by atoms with E-state index in [9.17, 15) is 0 Å². The monoisotopic (exact) mass is 266 g/mol. The smallest absolute Gasteiger partial charge is 0.0190 e. The van der Waals surface area contributed by atoms with Crippen molar-refractivity contribution in [1.82, 2.24) is 10.2 Å². The number of hydrogen-bond acceptors (Lipinski definition) is 2. The molecule has 19 heavy (non-hydrogen) atoms. The molecule has 0 radical (unpaired) electrons. The van der Waals surface area contributed by atoms with Gasteiger partial charge < -0.3 is 10.2 Å². The van der Waals surface area contributed by atoms with Crippen LogP contribution in [-0.2, 0) is 0 Å². The quantitative estimate of drug-likeness (QED) is 0.814. The average molecular weight is 266 g/mol. The molecule has 0 aromatic heterocycles. The second-order valence-corrected chi connectivity index (χ2v) is 7.24. The molecule has 0 unspecified atom stereocenters. The Morgan fingerprint density at radius 3 is 2.26 bits per heavy atom. The van der Waals surface area contributed by atoms with Crippen LogP contribution in [-0.4, -0.2) is 37.1 Å². The van der Waals surface area contributed by atoms with Crippen molar-refractivity contribution >= 4 is 0 Å². The minimum atomic E-state index is 0.453. The molecule has 0 amide bonds. The van der Waals surface area contributed by atoms with Gasteiger partial charge >= 0.3 is 0 Å². The molecule has 0 aromatic carbocycles. The van der Waals surface area contributed by atoms with Crippen LogP contribution in [0.15, 0.2) is 0 Å². The van der Waals surface area contributed by atoms with Crippen molar-refractivity contribution in [3.05, 3.63) is 0 Å². The topological polar surface area (TPSA) is 15.3 Å². The maximum Gasteiger partial charge on any atom is 0.0190 e. The molecule has 2 nitrogen and oxygen atoms in total. The molecule has 0 aliphatic heterocycles. The molecule has 2 saturated carbocycles. The van der Waals surface area contributed by atoms with E-state index in [-0.39, 0.29) is 0 Å². The van der Waals surface area contributed by atoms with Gasteiger partial charge in [0.25, 0.3) is 0 Å². The molecule has 2 heteroatoms. The van der Waals surface area contributed by atoms with Crippen molar-refractivity contribution in [3.63, 3.8) is 0 Å². The molecular weight excluding hydrogens is 232 g/mol. The average Bonchev–Trinajstić information content (AvgIpc) is 2.46. The standard InChI is InChI=1S/C17H34N2/c1-15-7-9-16(10-8-15)19(3)14-13-17(18-2)11-5-4-6-12-17/h15-16,18H,4-14H2,1-3H3. The molecule has 0 atom stereocenters. The molecule has 0 aromatic rings. The van der Waals surface area contributed by atoms with E-state index >= 15 is 0 Å². The Hall–Kier alpha value is -0.0800. The van der Waals surface area contributed by atoms with Gasteiger partial charge in [0, 0.05) is 11.6 Å². The van der Waals surface area contributed by atoms with Crippen LogP contribution < -0.4 is 5.32 Å². The van der Waals surface area contributed by atoms with E-state index in [1.165, 1.54) is 70.8 Å². The van der Waals surface area contributed by atoms with E-state index in [1.807, 2.05) is 0 Å². The molecule has 2 fully saturated rings. The zero-order valence-corrected chi connectivity index (χ0v) is 13.4. The molecule has 1 N–H and O–H groups in total. The van der Waals surface area contributed by atoms with E-state index in [4.69, 9.17) is 0 Å². The summed E-state index contributed by atoms with van der Waals surface area (Å²) in [6.45, 7) is 3.69. The maximum atomic E-state index is 3.66. The molecule has 2 rings (SSSR count). The van der Waals surface area contributed by atoms with Gasteiger partial charge in [0.15, 0.2) is 0 Å². The van der Waals surface area contributed by atoms with E-state index in [2.05, 4.69) is 31.2 Å². The van der Waals surface area contributed by atoms with Crippen LogP contribution in [0.25, 0.3) is 0 Å². The molecule has 112 valence electrons. The third kappa shape index (κ3) is 4.19. The van der Waals surface area contributed by atoms with Gasteiger partial charge in [0.1, 0.15) is 0 Å². The summed E-state index contributed by atoms with van der Waals surface area (Å²) in [5.74, 6) is 0.964. The second-order valence-electron chi connectivity index (χ2n) is 7.24. The lowest BCUT2D eigenvalue weighted by molar-refractivity contribution is 0.138. The van der Waals surface area contributed by atoms with Gasteiger partial charge in [-0.05, 0) is 71.5 Å². The molecule has 0 bridgehead atoms. The van der Waals surface area contributed by atoms with Gasteiger partial charge in [-0.2, -0.15) is 0 Å². The lowest BCUT2D eigenvalue weighted by Gasteiger charge is -2.40. The Labute approximate surface area is 120 Å². The van der Waals surface area contributed by atoms with Crippen molar-refractivity contribution in [2.75, 3.05) is 20.6 Å². The Kier molecular flexibility index (Phi) is 5.70. The van der Waals surface area contributed by atoms with Crippen LogP contribution in [0, 0.1) is 5.92 Å². The molecule has 0 spiro atoms. The highest BCUT2D eigenvalue weighted by molar-refractivity contribution is 4.91. The largest absolute Gasteiger partial charge is 0.314 e. The first-order valence-corrected chi connectivity index (χ1v) is 8.54. The zero-order valence-electron chi connectivity index (χ0n) is 13.4. The summed E-state index contributed by atoms with van der Waals surface area (Å²) in [5, 5.41) is 3.66. The molecule has 2 aliphatic rings. The predicted octanol–water partition coefficient (Wildman–Crippen LogP) is 3.81. The Morgan fingerprint density at radius 1 is 1.05 bits per heavy atom. The van der Waals surface area contributed by atoms with Gasteiger partial charge in [-0.3, -0.25) is 0 Å². The van der Waals surface area contributed by atoms with Gasteiger partial charge in [-0.1, -0.05) is 26.2 Å². The minimum Gasteiger partial charge on any atom is -0.314 e. The van der Waals surface area contributed by atoms with Crippen molar-refractivity contribution < 1.29 is 0 Å². The normalized spacial score (nSPS) is 31.6. The number of nitrogens with one attached hydrogen (secondary N) is 1. The third-order valence-electron chi connectivity index (χ3n) is 5.89. The van der Waals surface area contributed by atoms with Crippen LogP contribution in [0.4, 0.5) is 0 Å². The van der Waals surface area contributed by atoms with Crippen molar-refractivity contribution in [1.29, 1.82) is 0 Å². The molecular formula is C17H34N2. The number of nitrogens with zero attached hydrogens (tertiary/aromatic N) is 1. The zero-order chi connectivity index (χ0) is 13.7. The van der Waals surface area contributed by atoms with Gasteiger partial charge in [-0.15, -0.1) is 0 Å². The van der Waals surface area contributed by atoms with E-state index in [0.717, 1.165) is 12.0 Å². The summed E-state index contributed by atoms with van der Waals surface area (Å²) < 4.78 is 0. The van der Waals surface area contributed by atoms with Gasteiger partial charge in [0.2, 0.25) is 0 Å². The lowest BCUT2D eigenvalue weighted by Crippen LogP contribution is -2.48. The molecule has 0 heterocycles. The molecule has 2 aliphatic carbocycles. The Bertz CT molecular complexity index is 250. The highest BCUT2D eigenvalue weighted by atomic mass is 15.1. The first-order valence-electron chi connectivity index (χ1n) is 8.54. The highest BCUT2D eigenvalue weighted by Gasteiger charge is 2.31. The van der Waals surface area contributed by atoms with Crippen LogP contribution in [0.5, 0.6) is 0 Å². The van der Waals surface area contributed by atoms with Gasteiger partial charge in [0.05, 0.1) is 0 Å². The highest BCUT2D eigenvalue weighted by Crippen LogP contribution is 2.32. The number of hydrogen-bond donors (Lipinski definition) is 1. The summed E-state index contributed by atoms with van der Waals surface area (Å²) in [6.07, 6.45) is 14.1. The van der Waals surface area contributed by atoms with Crippen LogP contribution in [0.3, 0.4) is 0 Å². The van der Waals surface area contributed by atoms with Crippen LogP contribution >= 0.6 is 0 Å². The lowest BCUT2D eigenvalue weighted by atomic mass is 9.79. The van der Waals surface area contributed by atoms with Crippen molar-refractivity contribution in [2.45, 2.75) is 82.7 Å².